The fourth-order valence-electron chi connectivity index (χ4n) is 3.55. The zero-order chi connectivity index (χ0) is 16.4. The number of amides is 2. The lowest BCUT2D eigenvalue weighted by atomic mass is 10.1. The Kier molecular flexibility index (Phi) is 4.66. The molecule has 2 fully saturated rings. The molecule has 126 valence electrons. The largest absolute Gasteiger partial charge is 0.339 e. The second kappa shape index (κ2) is 6.70. The van der Waals surface area contributed by atoms with Crippen LogP contribution in [-0.2, 0) is 16.6 Å². The molecule has 0 bridgehead atoms. The molecule has 3 rings (SSSR count). The van der Waals surface area contributed by atoms with Crippen LogP contribution in [-0.4, -0.2) is 75.6 Å². The third-order valence-electron chi connectivity index (χ3n) is 4.89. The highest BCUT2D eigenvalue weighted by Gasteiger charge is 2.30. The maximum Gasteiger partial charge on any atom is 0.236 e. The molecule has 1 aromatic rings. The van der Waals surface area contributed by atoms with E-state index in [0.717, 1.165) is 19.4 Å². The van der Waals surface area contributed by atoms with E-state index < -0.39 is 0 Å². The Labute approximate surface area is 136 Å². The normalized spacial score (nSPS) is 22.6. The summed E-state index contributed by atoms with van der Waals surface area (Å²) in [5, 5.41) is 4.25. The Morgan fingerprint density at radius 1 is 1.17 bits per heavy atom. The highest BCUT2D eigenvalue weighted by Crippen LogP contribution is 2.31. The van der Waals surface area contributed by atoms with Gasteiger partial charge in [-0.25, -0.2) is 0 Å². The predicted octanol–water partition coefficient (Wildman–Crippen LogP) is 0.248. The van der Waals surface area contributed by atoms with Gasteiger partial charge in [-0.15, -0.1) is 0 Å². The van der Waals surface area contributed by atoms with Crippen LogP contribution in [0.2, 0.25) is 0 Å². The summed E-state index contributed by atoms with van der Waals surface area (Å²) in [6, 6.07) is 0.297. The number of nitrogens with zero attached hydrogens (tertiary/aromatic N) is 5. The Bertz CT molecular complexity index is 577. The van der Waals surface area contributed by atoms with Crippen LogP contribution >= 0.6 is 0 Å². The maximum absolute atomic E-state index is 12.6. The number of hydrogen-bond donors (Lipinski definition) is 0. The van der Waals surface area contributed by atoms with Crippen molar-refractivity contribution < 1.29 is 9.59 Å². The standard InChI is InChI=1S/C16H25N5O2/c1-13(22)19-6-8-20(9-7-19)16(23)12-21-5-3-4-15(21)14-10-17-18(2)11-14/h10-11,15H,3-9,12H2,1-2H3/t15-/m0/s1. The third-order valence-corrected chi connectivity index (χ3v) is 4.89. The second-order valence-electron chi connectivity index (χ2n) is 6.46. The van der Waals surface area contributed by atoms with E-state index in [0.29, 0.717) is 38.8 Å². The molecule has 0 aliphatic carbocycles. The van der Waals surface area contributed by atoms with E-state index in [1.807, 2.05) is 29.0 Å². The highest BCUT2D eigenvalue weighted by atomic mass is 16.2. The molecule has 0 N–H and O–H groups in total. The number of likely N-dealkylation sites (tertiary alicyclic amines) is 1. The monoisotopic (exact) mass is 319 g/mol. The van der Waals surface area contributed by atoms with Crippen molar-refractivity contribution in [1.82, 2.24) is 24.5 Å². The van der Waals surface area contributed by atoms with Crippen molar-refractivity contribution >= 4 is 11.8 Å². The van der Waals surface area contributed by atoms with Crippen LogP contribution in [0.4, 0.5) is 0 Å². The first-order chi connectivity index (χ1) is 11.0. The minimum Gasteiger partial charge on any atom is -0.339 e. The first-order valence-electron chi connectivity index (χ1n) is 8.30. The summed E-state index contributed by atoms with van der Waals surface area (Å²) in [7, 11) is 1.92. The van der Waals surface area contributed by atoms with E-state index in [9.17, 15) is 9.59 Å². The van der Waals surface area contributed by atoms with Crippen LogP contribution in [0.5, 0.6) is 0 Å². The quantitative estimate of drug-likeness (QED) is 0.801. The first kappa shape index (κ1) is 16.0. The molecule has 0 aromatic carbocycles. The third kappa shape index (κ3) is 3.55. The molecule has 0 unspecified atom stereocenters. The number of hydrogen-bond acceptors (Lipinski definition) is 4. The van der Waals surface area contributed by atoms with Gasteiger partial charge in [0.25, 0.3) is 0 Å². The van der Waals surface area contributed by atoms with Gasteiger partial charge in [0, 0.05) is 58.0 Å². The van der Waals surface area contributed by atoms with Crippen LogP contribution in [0.25, 0.3) is 0 Å². The van der Waals surface area contributed by atoms with Gasteiger partial charge in [-0.05, 0) is 19.4 Å². The summed E-state index contributed by atoms with van der Waals surface area (Å²) in [5.41, 5.74) is 1.19. The fraction of sp³-hybridized carbons (Fsp3) is 0.688. The Balaban J connectivity index is 1.56. The van der Waals surface area contributed by atoms with Gasteiger partial charge in [0.2, 0.25) is 11.8 Å². The SMILES string of the molecule is CC(=O)N1CCN(C(=O)CN2CCC[C@H]2c2cnn(C)c2)CC1. The van der Waals surface area contributed by atoms with Crippen LogP contribution in [0.15, 0.2) is 12.4 Å². The van der Waals surface area contributed by atoms with Crippen molar-refractivity contribution in [1.29, 1.82) is 0 Å². The Morgan fingerprint density at radius 2 is 1.87 bits per heavy atom. The van der Waals surface area contributed by atoms with Crippen LogP contribution in [0.3, 0.4) is 0 Å². The van der Waals surface area contributed by atoms with Crippen LogP contribution in [0, 0.1) is 0 Å². The molecule has 2 saturated heterocycles. The minimum atomic E-state index is 0.0910. The molecule has 0 radical (unpaired) electrons. The molecule has 1 aromatic heterocycles. The molecule has 2 aliphatic heterocycles. The zero-order valence-corrected chi connectivity index (χ0v) is 13.9. The molecule has 2 amide bonds. The van der Waals surface area contributed by atoms with Crippen molar-refractivity contribution in [3.05, 3.63) is 18.0 Å². The number of carbonyl (C=O) groups is 2. The van der Waals surface area contributed by atoms with Gasteiger partial charge >= 0.3 is 0 Å². The van der Waals surface area contributed by atoms with Crippen molar-refractivity contribution in [2.24, 2.45) is 7.05 Å². The molecule has 7 nitrogen and oxygen atoms in total. The lowest BCUT2D eigenvalue weighted by Crippen LogP contribution is -2.52. The molecule has 3 heterocycles. The lowest BCUT2D eigenvalue weighted by Gasteiger charge is -2.35. The smallest absolute Gasteiger partial charge is 0.236 e. The van der Waals surface area contributed by atoms with Crippen molar-refractivity contribution in [3.63, 3.8) is 0 Å². The van der Waals surface area contributed by atoms with E-state index in [2.05, 4.69) is 10.00 Å². The zero-order valence-electron chi connectivity index (χ0n) is 13.9. The molecule has 1 atom stereocenters. The summed E-state index contributed by atoms with van der Waals surface area (Å²) in [6.45, 7) is 5.58. The summed E-state index contributed by atoms with van der Waals surface area (Å²) >= 11 is 0. The highest BCUT2D eigenvalue weighted by molar-refractivity contribution is 5.79. The molecule has 23 heavy (non-hydrogen) atoms. The van der Waals surface area contributed by atoms with E-state index in [4.69, 9.17) is 0 Å². The Morgan fingerprint density at radius 3 is 2.48 bits per heavy atom. The summed E-state index contributed by atoms with van der Waals surface area (Å²) < 4.78 is 1.81. The molecule has 0 spiro atoms. The van der Waals surface area contributed by atoms with Crippen molar-refractivity contribution in [3.8, 4) is 0 Å². The Hall–Kier alpha value is -1.89. The number of rotatable bonds is 3. The lowest BCUT2D eigenvalue weighted by molar-refractivity contribution is -0.139. The van der Waals surface area contributed by atoms with E-state index in [-0.39, 0.29) is 11.8 Å². The van der Waals surface area contributed by atoms with Gasteiger partial charge in [0.1, 0.15) is 0 Å². The van der Waals surface area contributed by atoms with Gasteiger partial charge in [0.05, 0.1) is 12.7 Å². The van der Waals surface area contributed by atoms with Crippen molar-refractivity contribution in [2.75, 3.05) is 39.3 Å². The first-order valence-corrected chi connectivity index (χ1v) is 8.30. The van der Waals surface area contributed by atoms with E-state index in [1.165, 1.54) is 5.56 Å². The van der Waals surface area contributed by atoms with Gasteiger partial charge in [-0.3, -0.25) is 19.2 Å². The number of aryl methyl sites for hydroxylation is 1. The van der Waals surface area contributed by atoms with Crippen LogP contribution < -0.4 is 0 Å². The number of aromatic nitrogens is 2. The number of piperazine rings is 1. The van der Waals surface area contributed by atoms with E-state index in [1.54, 1.807) is 11.8 Å². The predicted molar refractivity (Wildman–Crippen MR) is 85.6 cm³/mol. The fourth-order valence-corrected chi connectivity index (χ4v) is 3.55. The van der Waals surface area contributed by atoms with Crippen molar-refractivity contribution in [2.45, 2.75) is 25.8 Å². The van der Waals surface area contributed by atoms with Crippen LogP contribution in [0.1, 0.15) is 31.4 Å². The average molecular weight is 319 g/mol. The van der Waals surface area contributed by atoms with Gasteiger partial charge < -0.3 is 9.80 Å². The summed E-state index contributed by atoms with van der Waals surface area (Å²) in [6.07, 6.45) is 6.14. The maximum atomic E-state index is 12.6. The molecule has 2 aliphatic rings. The molecule has 7 heteroatoms. The van der Waals surface area contributed by atoms with Gasteiger partial charge in [-0.1, -0.05) is 0 Å². The summed E-state index contributed by atoms with van der Waals surface area (Å²) in [4.78, 5) is 29.9. The van der Waals surface area contributed by atoms with E-state index >= 15 is 0 Å². The van der Waals surface area contributed by atoms with Gasteiger partial charge in [0.15, 0.2) is 0 Å². The molecular weight excluding hydrogens is 294 g/mol. The topological polar surface area (TPSA) is 61.7 Å². The number of carbonyl (C=O) groups excluding carboxylic acids is 2. The van der Waals surface area contributed by atoms with Gasteiger partial charge in [-0.2, -0.15) is 5.10 Å². The summed E-state index contributed by atoms with van der Waals surface area (Å²) in [5.74, 6) is 0.261. The minimum absolute atomic E-state index is 0.0910. The molecular formula is C16H25N5O2. The molecule has 0 saturated carbocycles. The second-order valence-corrected chi connectivity index (χ2v) is 6.46. The average Bonchev–Trinajstić information content (AvgIpc) is 3.16.